The summed E-state index contributed by atoms with van der Waals surface area (Å²) in [5.41, 5.74) is 6.91. The molecule has 0 unspecified atom stereocenters. The largest absolute Gasteiger partial charge is 0.384 e. The molecular formula is C11H18N2. The fraction of sp³-hybridized carbons (Fsp3) is 0.545. The Labute approximate surface area is 80.2 Å². The van der Waals surface area contributed by atoms with Crippen LogP contribution in [0.15, 0.2) is 18.3 Å². The zero-order chi connectivity index (χ0) is 9.68. The Hall–Kier alpha value is -1.05. The molecule has 0 fully saturated rings. The lowest BCUT2D eigenvalue weighted by atomic mass is 9.95. The van der Waals surface area contributed by atoms with Crippen LogP contribution in [-0.2, 0) is 6.42 Å². The zero-order valence-corrected chi connectivity index (χ0v) is 8.46. The van der Waals surface area contributed by atoms with Gasteiger partial charge in [-0.25, -0.2) is 4.98 Å². The molecule has 0 spiro atoms. The summed E-state index contributed by atoms with van der Waals surface area (Å²) < 4.78 is 0. The van der Waals surface area contributed by atoms with Gasteiger partial charge in [0.25, 0.3) is 0 Å². The Bertz CT molecular complexity index is 254. The number of anilines is 1. The molecule has 0 amide bonds. The summed E-state index contributed by atoms with van der Waals surface area (Å²) in [4.78, 5) is 3.98. The minimum Gasteiger partial charge on any atom is -0.384 e. The predicted octanol–water partition coefficient (Wildman–Crippen LogP) is 2.64. The number of aromatic nitrogens is 1. The van der Waals surface area contributed by atoms with Crippen molar-refractivity contribution in [2.45, 2.75) is 33.1 Å². The molecular weight excluding hydrogens is 160 g/mol. The molecule has 13 heavy (non-hydrogen) atoms. The third-order valence-electron chi connectivity index (χ3n) is 2.52. The number of hydrogen-bond acceptors (Lipinski definition) is 2. The van der Waals surface area contributed by atoms with Gasteiger partial charge in [0.05, 0.1) is 0 Å². The first-order valence-electron chi connectivity index (χ1n) is 4.96. The Balaban J connectivity index is 2.62. The fourth-order valence-corrected chi connectivity index (χ4v) is 1.53. The summed E-state index contributed by atoms with van der Waals surface area (Å²) in [6, 6.07) is 4.02. The van der Waals surface area contributed by atoms with E-state index in [4.69, 9.17) is 5.73 Å². The normalized spacial score (nSPS) is 10.7. The van der Waals surface area contributed by atoms with Gasteiger partial charge in [-0.2, -0.15) is 0 Å². The molecule has 0 bridgehead atoms. The minimum atomic E-state index is 0.628. The number of nitrogen functional groups attached to an aromatic ring is 1. The van der Waals surface area contributed by atoms with Crippen molar-refractivity contribution in [2.24, 2.45) is 5.92 Å². The van der Waals surface area contributed by atoms with Gasteiger partial charge in [-0.05, 0) is 30.0 Å². The van der Waals surface area contributed by atoms with Crippen molar-refractivity contribution in [2.75, 3.05) is 5.73 Å². The molecule has 1 rings (SSSR count). The zero-order valence-electron chi connectivity index (χ0n) is 8.46. The van der Waals surface area contributed by atoms with Crippen molar-refractivity contribution in [3.63, 3.8) is 0 Å². The smallest absolute Gasteiger partial charge is 0.123 e. The minimum absolute atomic E-state index is 0.628. The summed E-state index contributed by atoms with van der Waals surface area (Å²) in [5.74, 6) is 1.41. The van der Waals surface area contributed by atoms with Crippen molar-refractivity contribution in [3.8, 4) is 0 Å². The molecule has 0 saturated heterocycles. The standard InChI is InChI=1S/C11H18N2/c1-3-9(4-2)7-10-5-6-13-11(12)8-10/h5-6,8-9H,3-4,7H2,1-2H3,(H2,12,13). The molecule has 2 N–H and O–H groups in total. The Kier molecular flexibility index (Phi) is 3.74. The van der Waals surface area contributed by atoms with Gasteiger partial charge >= 0.3 is 0 Å². The Morgan fingerprint density at radius 1 is 1.38 bits per heavy atom. The van der Waals surface area contributed by atoms with Gasteiger partial charge in [0.1, 0.15) is 5.82 Å². The van der Waals surface area contributed by atoms with Gasteiger partial charge in [0, 0.05) is 6.20 Å². The van der Waals surface area contributed by atoms with Crippen LogP contribution < -0.4 is 5.73 Å². The van der Waals surface area contributed by atoms with E-state index in [9.17, 15) is 0 Å². The van der Waals surface area contributed by atoms with Crippen LogP contribution in [0, 0.1) is 5.92 Å². The number of rotatable bonds is 4. The maximum atomic E-state index is 5.61. The fourth-order valence-electron chi connectivity index (χ4n) is 1.53. The molecule has 0 aromatic carbocycles. The number of nitrogens with two attached hydrogens (primary N) is 1. The van der Waals surface area contributed by atoms with E-state index in [1.165, 1.54) is 18.4 Å². The van der Waals surface area contributed by atoms with E-state index in [1.807, 2.05) is 6.07 Å². The second kappa shape index (κ2) is 4.85. The number of nitrogens with zero attached hydrogens (tertiary/aromatic N) is 1. The van der Waals surface area contributed by atoms with Gasteiger partial charge < -0.3 is 5.73 Å². The van der Waals surface area contributed by atoms with Crippen LogP contribution in [0.1, 0.15) is 32.3 Å². The molecule has 0 aliphatic heterocycles. The first-order valence-corrected chi connectivity index (χ1v) is 4.96. The lowest BCUT2D eigenvalue weighted by Gasteiger charge is -2.11. The third-order valence-corrected chi connectivity index (χ3v) is 2.52. The highest BCUT2D eigenvalue weighted by Crippen LogP contribution is 2.15. The predicted molar refractivity (Wildman–Crippen MR) is 56.4 cm³/mol. The quantitative estimate of drug-likeness (QED) is 0.769. The Morgan fingerprint density at radius 3 is 2.62 bits per heavy atom. The third kappa shape index (κ3) is 3.05. The summed E-state index contributed by atoms with van der Waals surface area (Å²) in [6.45, 7) is 4.47. The summed E-state index contributed by atoms with van der Waals surface area (Å²) in [7, 11) is 0. The first-order chi connectivity index (χ1) is 6.26. The molecule has 2 nitrogen and oxygen atoms in total. The van der Waals surface area contributed by atoms with Crippen LogP contribution in [0.5, 0.6) is 0 Å². The monoisotopic (exact) mass is 178 g/mol. The second-order valence-corrected chi connectivity index (χ2v) is 3.48. The molecule has 0 saturated carbocycles. The van der Waals surface area contributed by atoms with Crippen LogP contribution >= 0.6 is 0 Å². The highest BCUT2D eigenvalue weighted by Gasteiger charge is 2.04. The van der Waals surface area contributed by atoms with E-state index >= 15 is 0 Å². The Morgan fingerprint density at radius 2 is 2.08 bits per heavy atom. The van der Waals surface area contributed by atoms with Crippen LogP contribution in [-0.4, -0.2) is 4.98 Å². The van der Waals surface area contributed by atoms with E-state index in [-0.39, 0.29) is 0 Å². The molecule has 2 heteroatoms. The average molecular weight is 178 g/mol. The highest BCUT2D eigenvalue weighted by atomic mass is 14.8. The first kappa shape index (κ1) is 10.0. The van der Waals surface area contributed by atoms with E-state index in [0.29, 0.717) is 5.82 Å². The van der Waals surface area contributed by atoms with Crippen LogP contribution in [0.25, 0.3) is 0 Å². The van der Waals surface area contributed by atoms with Gasteiger partial charge in [-0.15, -0.1) is 0 Å². The molecule has 1 aromatic rings. The van der Waals surface area contributed by atoms with Crippen LogP contribution in [0.4, 0.5) is 5.82 Å². The van der Waals surface area contributed by atoms with Crippen LogP contribution in [0.2, 0.25) is 0 Å². The van der Waals surface area contributed by atoms with E-state index in [2.05, 4.69) is 24.9 Å². The lowest BCUT2D eigenvalue weighted by Crippen LogP contribution is -2.02. The molecule has 1 aromatic heterocycles. The molecule has 1 heterocycles. The van der Waals surface area contributed by atoms with Gasteiger partial charge in [-0.1, -0.05) is 26.7 Å². The molecule has 0 aliphatic carbocycles. The molecule has 0 atom stereocenters. The van der Waals surface area contributed by atoms with E-state index in [0.717, 1.165) is 12.3 Å². The van der Waals surface area contributed by atoms with Crippen molar-refractivity contribution in [1.82, 2.24) is 4.98 Å². The summed E-state index contributed by atoms with van der Waals surface area (Å²) >= 11 is 0. The highest BCUT2D eigenvalue weighted by molar-refractivity contribution is 5.31. The summed E-state index contributed by atoms with van der Waals surface area (Å²) in [5, 5.41) is 0. The van der Waals surface area contributed by atoms with Crippen LogP contribution in [0.3, 0.4) is 0 Å². The van der Waals surface area contributed by atoms with Crippen molar-refractivity contribution in [3.05, 3.63) is 23.9 Å². The topological polar surface area (TPSA) is 38.9 Å². The maximum absolute atomic E-state index is 5.61. The van der Waals surface area contributed by atoms with E-state index in [1.54, 1.807) is 6.20 Å². The van der Waals surface area contributed by atoms with Crippen molar-refractivity contribution >= 4 is 5.82 Å². The number of hydrogen-bond donors (Lipinski definition) is 1. The van der Waals surface area contributed by atoms with Crippen molar-refractivity contribution < 1.29 is 0 Å². The van der Waals surface area contributed by atoms with Gasteiger partial charge in [0.15, 0.2) is 0 Å². The average Bonchev–Trinajstić information content (AvgIpc) is 2.14. The molecule has 72 valence electrons. The lowest BCUT2D eigenvalue weighted by molar-refractivity contribution is 0.490. The second-order valence-electron chi connectivity index (χ2n) is 3.48. The van der Waals surface area contributed by atoms with Crippen molar-refractivity contribution in [1.29, 1.82) is 0 Å². The molecule has 0 radical (unpaired) electrons. The summed E-state index contributed by atoms with van der Waals surface area (Å²) in [6.07, 6.45) is 5.38. The van der Waals surface area contributed by atoms with Gasteiger partial charge in [-0.3, -0.25) is 0 Å². The maximum Gasteiger partial charge on any atom is 0.123 e. The van der Waals surface area contributed by atoms with Gasteiger partial charge in [0.2, 0.25) is 0 Å². The number of pyridine rings is 1. The SMILES string of the molecule is CCC(CC)Cc1ccnc(N)c1. The van der Waals surface area contributed by atoms with E-state index < -0.39 is 0 Å². The molecule has 0 aliphatic rings.